The van der Waals surface area contributed by atoms with Crippen LogP contribution in [0.4, 0.5) is 5.69 Å². The lowest BCUT2D eigenvalue weighted by molar-refractivity contribution is -0.118. The zero-order valence-electron chi connectivity index (χ0n) is 13.9. The van der Waals surface area contributed by atoms with Crippen molar-refractivity contribution in [3.63, 3.8) is 0 Å². The normalized spacial score (nSPS) is 9.81. The second-order valence-electron chi connectivity index (χ2n) is 5.38. The van der Waals surface area contributed by atoms with Gasteiger partial charge in [-0.1, -0.05) is 30.3 Å². The smallest absolute Gasteiger partial charge is 0.262 e. The van der Waals surface area contributed by atoms with E-state index in [4.69, 9.17) is 14.7 Å². The molecule has 5 heteroatoms. The van der Waals surface area contributed by atoms with Gasteiger partial charge in [0.1, 0.15) is 11.5 Å². The van der Waals surface area contributed by atoms with Gasteiger partial charge in [0, 0.05) is 0 Å². The van der Waals surface area contributed by atoms with E-state index < -0.39 is 0 Å². The summed E-state index contributed by atoms with van der Waals surface area (Å²) in [4.78, 5) is 12.2. The minimum absolute atomic E-state index is 0.147. The first-order valence-corrected chi connectivity index (χ1v) is 7.99. The minimum Gasteiger partial charge on any atom is -0.484 e. The lowest BCUT2D eigenvalue weighted by Crippen LogP contribution is -2.20. The van der Waals surface area contributed by atoms with Crippen LogP contribution in [0.1, 0.15) is 5.56 Å². The summed E-state index contributed by atoms with van der Waals surface area (Å²) in [5, 5.41) is 11.6. The van der Waals surface area contributed by atoms with E-state index in [-0.39, 0.29) is 12.5 Å². The summed E-state index contributed by atoms with van der Waals surface area (Å²) in [6, 6.07) is 25.1. The van der Waals surface area contributed by atoms with E-state index in [1.807, 2.05) is 48.5 Å². The van der Waals surface area contributed by atoms with E-state index in [9.17, 15) is 4.79 Å². The molecule has 0 atom stereocenters. The van der Waals surface area contributed by atoms with E-state index in [2.05, 4.69) is 5.32 Å². The van der Waals surface area contributed by atoms with Crippen LogP contribution in [0.15, 0.2) is 78.9 Å². The van der Waals surface area contributed by atoms with Gasteiger partial charge >= 0.3 is 0 Å². The third-order valence-corrected chi connectivity index (χ3v) is 3.49. The van der Waals surface area contributed by atoms with Gasteiger partial charge in [-0.05, 0) is 48.5 Å². The molecule has 5 nitrogen and oxygen atoms in total. The highest BCUT2D eigenvalue weighted by Gasteiger charge is 2.09. The van der Waals surface area contributed by atoms with E-state index in [1.54, 1.807) is 36.4 Å². The largest absolute Gasteiger partial charge is 0.484 e. The summed E-state index contributed by atoms with van der Waals surface area (Å²) >= 11 is 0. The van der Waals surface area contributed by atoms with Crippen molar-refractivity contribution in [2.24, 2.45) is 0 Å². The fourth-order valence-corrected chi connectivity index (χ4v) is 2.24. The summed E-state index contributed by atoms with van der Waals surface area (Å²) < 4.78 is 11.2. The first-order chi connectivity index (χ1) is 12.7. The predicted molar refractivity (Wildman–Crippen MR) is 98.2 cm³/mol. The highest BCUT2D eigenvalue weighted by Crippen LogP contribution is 2.29. The number of rotatable bonds is 6. The zero-order valence-corrected chi connectivity index (χ0v) is 13.9. The van der Waals surface area contributed by atoms with Gasteiger partial charge in [0.05, 0.1) is 17.3 Å². The zero-order chi connectivity index (χ0) is 18.2. The van der Waals surface area contributed by atoms with Gasteiger partial charge in [-0.2, -0.15) is 5.26 Å². The number of nitrogens with one attached hydrogen (secondary N) is 1. The van der Waals surface area contributed by atoms with Crippen molar-refractivity contribution < 1.29 is 14.3 Å². The van der Waals surface area contributed by atoms with Crippen LogP contribution in [0.2, 0.25) is 0 Å². The summed E-state index contributed by atoms with van der Waals surface area (Å²) in [5.41, 5.74) is 1.10. The lowest BCUT2D eigenvalue weighted by Gasteiger charge is -2.12. The molecule has 0 aliphatic carbocycles. The Balaban J connectivity index is 1.61. The second kappa shape index (κ2) is 8.36. The lowest BCUT2D eigenvalue weighted by atomic mass is 10.2. The van der Waals surface area contributed by atoms with E-state index in [0.717, 1.165) is 0 Å². The highest BCUT2D eigenvalue weighted by molar-refractivity contribution is 5.93. The molecule has 26 heavy (non-hydrogen) atoms. The van der Waals surface area contributed by atoms with Crippen LogP contribution in [0.25, 0.3) is 0 Å². The fourth-order valence-electron chi connectivity index (χ4n) is 2.24. The van der Waals surface area contributed by atoms with Crippen molar-refractivity contribution in [3.05, 3.63) is 84.4 Å². The number of carbonyl (C=O) groups excluding carboxylic acids is 1. The Morgan fingerprint density at radius 2 is 1.58 bits per heavy atom. The molecule has 0 aliphatic heterocycles. The molecule has 128 valence electrons. The van der Waals surface area contributed by atoms with Crippen molar-refractivity contribution in [1.29, 1.82) is 5.26 Å². The van der Waals surface area contributed by atoms with Gasteiger partial charge in [-0.3, -0.25) is 4.79 Å². The number of ether oxygens (including phenoxy) is 2. The van der Waals surface area contributed by atoms with E-state index in [1.165, 1.54) is 0 Å². The Kier molecular flexibility index (Phi) is 5.48. The maximum Gasteiger partial charge on any atom is 0.262 e. The van der Waals surface area contributed by atoms with E-state index >= 15 is 0 Å². The number of nitrogens with zero attached hydrogens (tertiary/aromatic N) is 1. The third kappa shape index (κ3) is 4.62. The quantitative estimate of drug-likeness (QED) is 0.721. The van der Waals surface area contributed by atoms with Crippen molar-refractivity contribution in [3.8, 4) is 23.3 Å². The Hall–Kier alpha value is -3.78. The number of carbonyl (C=O) groups is 1. The van der Waals surface area contributed by atoms with Crippen molar-refractivity contribution in [2.45, 2.75) is 0 Å². The number of anilines is 1. The molecule has 0 saturated heterocycles. The molecule has 3 aromatic rings. The molecule has 0 heterocycles. The minimum atomic E-state index is -0.307. The summed E-state index contributed by atoms with van der Waals surface area (Å²) in [5.74, 6) is 1.44. The summed E-state index contributed by atoms with van der Waals surface area (Å²) in [6.45, 7) is -0.147. The Labute approximate surface area is 151 Å². The first kappa shape index (κ1) is 17.1. The summed E-state index contributed by atoms with van der Waals surface area (Å²) in [6.07, 6.45) is 0. The van der Waals surface area contributed by atoms with Gasteiger partial charge in [-0.15, -0.1) is 0 Å². The standard InChI is InChI=1S/C21H16N2O3/c22-14-16-10-12-17(13-11-16)25-15-21(24)23-19-8-4-5-9-20(19)26-18-6-2-1-3-7-18/h1-13H,15H2,(H,23,24). The third-order valence-electron chi connectivity index (χ3n) is 3.49. The molecule has 1 amide bonds. The van der Waals surface area contributed by atoms with Gasteiger partial charge in [-0.25, -0.2) is 0 Å². The maximum absolute atomic E-state index is 12.2. The van der Waals surface area contributed by atoms with Crippen LogP contribution in [-0.2, 0) is 4.79 Å². The number of hydrogen-bond acceptors (Lipinski definition) is 4. The molecule has 0 aromatic heterocycles. The monoisotopic (exact) mass is 344 g/mol. The topological polar surface area (TPSA) is 71.3 Å². The van der Waals surface area contributed by atoms with Crippen LogP contribution >= 0.6 is 0 Å². The molecule has 1 N–H and O–H groups in total. The predicted octanol–water partition coefficient (Wildman–Crippen LogP) is 4.37. The highest BCUT2D eigenvalue weighted by atomic mass is 16.5. The molecule has 3 rings (SSSR count). The van der Waals surface area contributed by atoms with Gasteiger partial charge in [0.2, 0.25) is 0 Å². The molecule has 0 unspecified atom stereocenters. The Morgan fingerprint density at radius 3 is 2.31 bits per heavy atom. The van der Waals surface area contributed by atoms with Crippen LogP contribution in [0.5, 0.6) is 17.2 Å². The van der Waals surface area contributed by atoms with Gasteiger partial charge in [0.25, 0.3) is 5.91 Å². The molecule has 0 bridgehead atoms. The van der Waals surface area contributed by atoms with Crippen LogP contribution in [0.3, 0.4) is 0 Å². The first-order valence-electron chi connectivity index (χ1n) is 7.99. The fraction of sp³-hybridized carbons (Fsp3) is 0.0476. The van der Waals surface area contributed by atoms with Gasteiger partial charge < -0.3 is 14.8 Å². The number of benzene rings is 3. The number of nitriles is 1. The molecular weight excluding hydrogens is 328 g/mol. The Bertz CT molecular complexity index is 916. The number of hydrogen-bond donors (Lipinski definition) is 1. The average Bonchev–Trinajstić information content (AvgIpc) is 2.69. The second-order valence-corrected chi connectivity index (χ2v) is 5.38. The SMILES string of the molecule is N#Cc1ccc(OCC(=O)Nc2ccccc2Oc2ccccc2)cc1. The van der Waals surface area contributed by atoms with Crippen LogP contribution < -0.4 is 14.8 Å². The van der Waals surface area contributed by atoms with Crippen LogP contribution in [-0.4, -0.2) is 12.5 Å². The maximum atomic E-state index is 12.2. The molecule has 0 fully saturated rings. The molecule has 3 aromatic carbocycles. The molecule has 0 saturated carbocycles. The Morgan fingerprint density at radius 1 is 0.885 bits per heavy atom. The molecular formula is C21H16N2O3. The number of amides is 1. The molecule has 0 radical (unpaired) electrons. The average molecular weight is 344 g/mol. The van der Waals surface area contributed by atoms with Gasteiger partial charge in [0.15, 0.2) is 12.4 Å². The molecule has 0 spiro atoms. The molecule has 0 aliphatic rings. The van der Waals surface area contributed by atoms with Crippen molar-refractivity contribution in [2.75, 3.05) is 11.9 Å². The van der Waals surface area contributed by atoms with Crippen molar-refractivity contribution in [1.82, 2.24) is 0 Å². The summed E-state index contributed by atoms with van der Waals surface area (Å²) in [7, 11) is 0. The van der Waals surface area contributed by atoms with Crippen LogP contribution in [0, 0.1) is 11.3 Å². The van der Waals surface area contributed by atoms with Crippen molar-refractivity contribution >= 4 is 11.6 Å². The van der Waals surface area contributed by atoms with E-state index in [0.29, 0.717) is 28.5 Å². The number of para-hydroxylation sites is 3.